The third-order valence-corrected chi connectivity index (χ3v) is 9.07. The normalized spacial score (nSPS) is 32.6. The van der Waals surface area contributed by atoms with Crippen molar-refractivity contribution in [2.45, 2.75) is 84.0 Å². The monoisotopic (exact) mass is 358 g/mol. The Labute approximate surface area is 147 Å². The second-order valence-electron chi connectivity index (χ2n) is 8.92. The SMILES string of the molecule is C[C@@H](OCCCS(=O)(=O)C(C)(C)C)[C@H]1CC[C@H]2C(=O)CCC[C@]12C. The summed E-state index contributed by atoms with van der Waals surface area (Å²) in [5.41, 5.74) is 0.0756. The lowest BCUT2D eigenvalue weighted by molar-refractivity contribution is -0.131. The van der Waals surface area contributed by atoms with Crippen molar-refractivity contribution in [3.8, 4) is 0 Å². The Kier molecular flexibility index (Phi) is 5.86. The Balaban J connectivity index is 1.85. The molecule has 0 N–H and O–H groups in total. The summed E-state index contributed by atoms with van der Waals surface area (Å²) in [6.45, 7) is 10.1. The summed E-state index contributed by atoms with van der Waals surface area (Å²) >= 11 is 0. The molecule has 0 amide bonds. The molecule has 0 spiro atoms. The average molecular weight is 359 g/mol. The molecule has 0 bridgehead atoms. The fraction of sp³-hybridized carbons (Fsp3) is 0.947. The predicted molar refractivity (Wildman–Crippen MR) is 96.7 cm³/mol. The van der Waals surface area contributed by atoms with Gasteiger partial charge in [0.05, 0.1) is 16.6 Å². The molecular formula is C19H34O4S. The molecule has 2 aliphatic rings. The largest absolute Gasteiger partial charge is 0.378 e. The molecule has 0 aromatic rings. The molecule has 0 aromatic heterocycles. The minimum absolute atomic E-state index is 0.0756. The van der Waals surface area contributed by atoms with E-state index >= 15 is 0 Å². The molecule has 5 heteroatoms. The molecule has 2 saturated carbocycles. The van der Waals surface area contributed by atoms with Crippen LogP contribution in [0.5, 0.6) is 0 Å². The van der Waals surface area contributed by atoms with E-state index in [4.69, 9.17) is 4.74 Å². The number of fused-ring (bicyclic) bond motifs is 1. The summed E-state index contributed by atoms with van der Waals surface area (Å²) in [6, 6.07) is 0. The number of carbonyl (C=O) groups is 1. The Morgan fingerprint density at radius 3 is 2.58 bits per heavy atom. The van der Waals surface area contributed by atoms with E-state index in [0.29, 0.717) is 24.7 Å². The van der Waals surface area contributed by atoms with Gasteiger partial charge < -0.3 is 4.74 Å². The maximum atomic E-state index is 12.2. The van der Waals surface area contributed by atoms with Crippen LogP contribution in [0, 0.1) is 17.3 Å². The van der Waals surface area contributed by atoms with Gasteiger partial charge in [0.1, 0.15) is 5.78 Å². The van der Waals surface area contributed by atoms with Crippen molar-refractivity contribution in [3.05, 3.63) is 0 Å². The molecular weight excluding hydrogens is 324 g/mol. The van der Waals surface area contributed by atoms with Gasteiger partial charge in [0.2, 0.25) is 0 Å². The summed E-state index contributed by atoms with van der Waals surface area (Å²) in [5.74, 6) is 1.23. The zero-order valence-corrected chi connectivity index (χ0v) is 16.7. The first kappa shape index (κ1) is 19.9. The zero-order chi connectivity index (χ0) is 18.2. The van der Waals surface area contributed by atoms with E-state index < -0.39 is 14.6 Å². The summed E-state index contributed by atoms with van der Waals surface area (Å²) in [7, 11) is -3.08. The first-order chi connectivity index (χ1) is 11.0. The summed E-state index contributed by atoms with van der Waals surface area (Å²) in [5, 5.41) is 0. The van der Waals surface area contributed by atoms with Crippen LogP contribution in [0.15, 0.2) is 0 Å². The van der Waals surface area contributed by atoms with Gasteiger partial charge in [-0.3, -0.25) is 4.79 Å². The fourth-order valence-corrected chi connectivity index (χ4v) is 5.79. The third-order valence-electron chi connectivity index (χ3n) is 6.37. The van der Waals surface area contributed by atoms with E-state index in [1.807, 2.05) is 0 Å². The van der Waals surface area contributed by atoms with E-state index in [1.165, 1.54) is 0 Å². The molecule has 24 heavy (non-hydrogen) atoms. The molecule has 0 aromatic carbocycles. The molecule has 0 saturated heterocycles. The minimum Gasteiger partial charge on any atom is -0.378 e. The van der Waals surface area contributed by atoms with Crippen LogP contribution in [-0.2, 0) is 19.4 Å². The standard InChI is InChI=1S/C19H34O4S/c1-14(23-12-7-13-24(21,22)18(2,3)4)15-9-10-16-17(20)8-6-11-19(15,16)5/h14-16H,6-13H2,1-5H3/t14-,15-,16+,19-/m1/s1. The molecule has 0 radical (unpaired) electrons. The first-order valence-corrected chi connectivity index (χ1v) is 11.0. The molecule has 4 atom stereocenters. The van der Waals surface area contributed by atoms with Crippen LogP contribution in [0.1, 0.15) is 73.1 Å². The Morgan fingerprint density at radius 1 is 1.29 bits per heavy atom. The van der Waals surface area contributed by atoms with E-state index in [9.17, 15) is 13.2 Å². The number of Topliss-reactive ketones (excluding diaryl/α,β-unsaturated/α-hetero) is 1. The summed E-state index contributed by atoms with van der Waals surface area (Å²) in [6.07, 6.45) is 5.52. The van der Waals surface area contributed by atoms with Crippen LogP contribution in [0.4, 0.5) is 0 Å². The van der Waals surface area contributed by atoms with Gasteiger partial charge in [-0.1, -0.05) is 6.92 Å². The molecule has 0 aliphatic heterocycles. The van der Waals surface area contributed by atoms with Gasteiger partial charge in [0.15, 0.2) is 9.84 Å². The smallest absolute Gasteiger partial charge is 0.155 e. The second-order valence-corrected chi connectivity index (χ2v) is 11.8. The number of hydrogen-bond acceptors (Lipinski definition) is 4. The lowest BCUT2D eigenvalue weighted by atomic mass is 9.64. The lowest BCUT2D eigenvalue weighted by Gasteiger charge is -2.42. The van der Waals surface area contributed by atoms with Crippen molar-refractivity contribution in [2.75, 3.05) is 12.4 Å². The van der Waals surface area contributed by atoms with Gasteiger partial charge in [-0.2, -0.15) is 0 Å². The number of ketones is 1. The summed E-state index contributed by atoms with van der Waals surface area (Å²) < 4.78 is 29.6. The van der Waals surface area contributed by atoms with E-state index in [-0.39, 0.29) is 23.2 Å². The van der Waals surface area contributed by atoms with Gasteiger partial charge in [0, 0.05) is 18.9 Å². The highest BCUT2D eigenvalue weighted by atomic mass is 32.2. The minimum atomic E-state index is -3.08. The second kappa shape index (κ2) is 7.06. The van der Waals surface area contributed by atoms with Crippen LogP contribution >= 0.6 is 0 Å². The van der Waals surface area contributed by atoms with Gasteiger partial charge in [-0.15, -0.1) is 0 Å². The van der Waals surface area contributed by atoms with Gasteiger partial charge in [-0.25, -0.2) is 8.42 Å². The highest BCUT2D eigenvalue weighted by molar-refractivity contribution is 7.92. The summed E-state index contributed by atoms with van der Waals surface area (Å²) in [4.78, 5) is 12.2. The number of ether oxygens (including phenoxy) is 1. The maximum absolute atomic E-state index is 12.2. The molecule has 140 valence electrons. The van der Waals surface area contributed by atoms with Crippen LogP contribution < -0.4 is 0 Å². The predicted octanol–water partition coefficient (Wildman–Crippen LogP) is 3.78. The van der Waals surface area contributed by atoms with Crippen molar-refractivity contribution in [1.29, 1.82) is 0 Å². The van der Waals surface area contributed by atoms with Crippen molar-refractivity contribution >= 4 is 15.6 Å². The zero-order valence-electron chi connectivity index (χ0n) is 15.9. The number of hydrogen-bond donors (Lipinski definition) is 0. The van der Waals surface area contributed by atoms with E-state index in [2.05, 4.69) is 13.8 Å². The van der Waals surface area contributed by atoms with E-state index in [1.54, 1.807) is 20.8 Å². The van der Waals surface area contributed by atoms with Crippen LogP contribution in [-0.4, -0.2) is 37.4 Å². The van der Waals surface area contributed by atoms with Crippen LogP contribution in [0.3, 0.4) is 0 Å². The van der Waals surface area contributed by atoms with Crippen molar-refractivity contribution in [3.63, 3.8) is 0 Å². The molecule has 4 nitrogen and oxygen atoms in total. The Morgan fingerprint density at radius 2 is 1.96 bits per heavy atom. The average Bonchev–Trinajstić information content (AvgIpc) is 2.81. The van der Waals surface area contributed by atoms with E-state index in [0.717, 1.165) is 32.1 Å². The van der Waals surface area contributed by atoms with Crippen LogP contribution in [0.25, 0.3) is 0 Å². The topological polar surface area (TPSA) is 60.4 Å². The first-order valence-electron chi connectivity index (χ1n) is 9.35. The molecule has 2 rings (SSSR count). The Bertz CT molecular complexity index is 560. The molecule has 0 heterocycles. The quantitative estimate of drug-likeness (QED) is 0.678. The fourth-order valence-electron chi connectivity index (χ4n) is 4.68. The van der Waals surface area contributed by atoms with Gasteiger partial charge in [0.25, 0.3) is 0 Å². The number of carbonyl (C=O) groups excluding carboxylic acids is 1. The number of rotatable bonds is 6. The van der Waals surface area contributed by atoms with Crippen molar-refractivity contribution in [2.24, 2.45) is 17.3 Å². The van der Waals surface area contributed by atoms with Crippen molar-refractivity contribution in [1.82, 2.24) is 0 Å². The van der Waals surface area contributed by atoms with Crippen molar-refractivity contribution < 1.29 is 17.9 Å². The molecule has 2 aliphatic carbocycles. The third kappa shape index (κ3) is 3.87. The maximum Gasteiger partial charge on any atom is 0.155 e. The lowest BCUT2D eigenvalue weighted by Crippen LogP contribution is -2.41. The highest BCUT2D eigenvalue weighted by Gasteiger charge is 2.52. The molecule has 0 unspecified atom stereocenters. The van der Waals surface area contributed by atoms with Crippen LogP contribution in [0.2, 0.25) is 0 Å². The highest BCUT2D eigenvalue weighted by Crippen LogP contribution is 2.55. The van der Waals surface area contributed by atoms with Gasteiger partial charge in [-0.05, 0) is 71.1 Å². The van der Waals surface area contributed by atoms with Gasteiger partial charge >= 0.3 is 0 Å². The number of sulfone groups is 1. The molecule has 2 fully saturated rings. The Hall–Kier alpha value is -0.420.